The number of unbranched alkanes of at least 4 members (excludes halogenated alkanes) is 37. The summed E-state index contributed by atoms with van der Waals surface area (Å²) in [6.45, 7) is 5.78. The summed E-state index contributed by atoms with van der Waals surface area (Å²) in [5, 5.41) is 57.1. The highest BCUT2D eigenvalue weighted by molar-refractivity contribution is 5.80. The van der Waals surface area contributed by atoms with Crippen LogP contribution >= 0.6 is 0 Å². The first-order chi connectivity index (χ1) is 40.2. The molecule has 0 aromatic carbocycles. The monoisotopic (exact) mass is 1160 g/mol. The summed E-state index contributed by atoms with van der Waals surface area (Å²) in [5.41, 5.74) is 0. The number of aliphatic hydroxyl groups is 5. The fraction of sp³-hybridized carbons (Fsp3) is 0.831. The van der Waals surface area contributed by atoms with Gasteiger partial charge in [-0.25, -0.2) is 0 Å². The number of rotatable bonds is 59. The second-order valence-electron chi connectivity index (χ2n) is 23.9. The maximum atomic E-state index is 13.4. The third-order valence-electron chi connectivity index (χ3n) is 16.1. The Kier molecular flexibility index (Phi) is 55.4. The number of hydrogen-bond donors (Lipinski definition) is 6. The van der Waals surface area contributed by atoms with Gasteiger partial charge in [-0.1, -0.05) is 281 Å². The van der Waals surface area contributed by atoms with E-state index in [2.05, 4.69) is 74.7 Å². The molecule has 0 spiro atoms. The fourth-order valence-electron chi connectivity index (χ4n) is 10.7. The van der Waals surface area contributed by atoms with Crippen molar-refractivity contribution in [2.75, 3.05) is 13.2 Å². The molecule has 6 N–H and O–H groups in total. The molecule has 1 amide bonds. The first-order valence-corrected chi connectivity index (χ1v) is 34.6. The summed E-state index contributed by atoms with van der Waals surface area (Å²) in [4.78, 5) is 26.6. The van der Waals surface area contributed by atoms with Crippen molar-refractivity contribution in [1.82, 2.24) is 5.32 Å². The van der Waals surface area contributed by atoms with Gasteiger partial charge in [-0.15, -0.1) is 0 Å². The zero-order valence-corrected chi connectivity index (χ0v) is 53.1. The van der Waals surface area contributed by atoms with Crippen molar-refractivity contribution in [3.63, 3.8) is 0 Å². The maximum absolute atomic E-state index is 13.4. The molecule has 8 unspecified atom stereocenters. The third-order valence-corrected chi connectivity index (χ3v) is 16.1. The SMILES string of the molecule is CCCCC/C=C\C/C=C\C/C=C\CCCCCCCCCCCCCCC(=O)OC1C(OCC(NC(=O)C(O)CCCCCCCC/C=C/CCCCCCCC)C(O)/C=C/CCCCCCCCCCCC)OC(CO)C(O)C1O. The van der Waals surface area contributed by atoms with Gasteiger partial charge in [0.05, 0.1) is 25.4 Å². The second kappa shape index (κ2) is 58.7. The van der Waals surface area contributed by atoms with E-state index in [0.717, 1.165) is 83.5 Å². The zero-order valence-electron chi connectivity index (χ0n) is 53.1. The molecule has 0 radical (unpaired) electrons. The van der Waals surface area contributed by atoms with Crippen LogP contribution in [0.15, 0.2) is 60.8 Å². The van der Waals surface area contributed by atoms with E-state index in [1.54, 1.807) is 6.08 Å². The lowest BCUT2D eigenvalue weighted by molar-refractivity contribution is -0.305. The predicted octanol–water partition coefficient (Wildman–Crippen LogP) is 17.3. The Bertz CT molecular complexity index is 1560. The molecule has 0 aromatic heterocycles. The minimum Gasteiger partial charge on any atom is -0.454 e. The van der Waals surface area contributed by atoms with Crippen molar-refractivity contribution >= 4 is 11.9 Å². The molecule has 11 heteroatoms. The minimum absolute atomic E-state index is 0.121. The number of aliphatic hydroxyl groups excluding tert-OH is 5. The molecule has 478 valence electrons. The van der Waals surface area contributed by atoms with E-state index < -0.39 is 67.4 Å². The van der Waals surface area contributed by atoms with Crippen LogP contribution in [0.3, 0.4) is 0 Å². The van der Waals surface area contributed by atoms with E-state index in [9.17, 15) is 35.1 Å². The molecule has 0 bridgehead atoms. The molecule has 0 aromatic rings. The zero-order chi connectivity index (χ0) is 59.6. The Hall–Kier alpha value is -2.64. The van der Waals surface area contributed by atoms with Crippen molar-refractivity contribution < 1.29 is 49.3 Å². The molecule has 82 heavy (non-hydrogen) atoms. The smallest absolute Gasteiger partial charge is 0.306 e. The minimum atomic E-state index is -1.62. The van der Waals surface area contributed by atoms with Crippen molar-refractivity contribution in [2.24, 2.45) is 0 Å². The standard InChI is InChI=1S/C71H129NO10/c1-4-7-10-13-16-19-22-25-27-29-30-31-32-33-34-35-36-37-39-41-44-47-50-53-56-59-66(76)82-69-68(78)67(77)65(60-73)81-71(69)80-61-62(63(74)57-54-51-48-45-42-24-21-18-15-12-9-6-3)72-70(79)64(75)58-55-52-49-46-43-40-38-28-26-23-20-17-14-11-8-5-2/h16,19,25-28,30-31,54,57,62-65,67-69,71,73-75,77-78H,4-15,17-18,20-24,29,32-53,55-56,58-61H2,1-3H3,(H,72,79)/b19-16-,27-25-,28-26+,31-30-,57-54+. The van der Waals surface area contributed by atoms with Crippen molar-refractivity contribution in [3.8, 4) is 0 Å². The molecule has 1 aliphatic rings. The molecule has 1 heterocycles. The van der Waals surface area contributed by atoms with Gasteiger partial charge in [-0.3, -0.25) is 9.59 Å². The Morgan fingerprint density at radius 2 is 0.841 bits per heavy atom. The van der Waals surface area contributed by atoms with Crippen LogP contribution < -0.4 is 5.32 Å². The molecule has 1 fully saturated rings. The van der Waals surface area contributed by atoms with Crippen LogP contribution in [0.2, 0.25) is 0 Å². The van der Waals surface area contributed by atoms with Crippen LogP contribution in [0, 0.1) is 0 Å². The quantitative estimate of drug-likeness (QED) is 0.0195. The average molecular weight is 1160 g/mol. The molecule has 0 saturated carbocycles. The number of allylic oxidation sites excluding steroid dienone is 9. The van der Waals surface area contributed by atoms with Crippen LogP contribution in [0.5, 0.6) is 0 Å². The van der Waals surface area contributed by atoms with Gasteiger partial charge in [-0.05, 0) is 89.9 Å². The Morgan fingerprint density at radius 1 is 0.476 bits per heavy atom. The number of ether oxygens (including phenoxy) is 3. The normalized spacial score (nSPS) is 19.0. The number of esters is 1. The molecule has 1 saturated heterocycles. The van der Waals surface area contributed by atoms with E-state index in [1.165, 1.54) is 186 Å². The number of amides is 1. The number of carbonyl (C=O) groups excluding carboxylic acids is 2. The summed E-state index contributed by atoms with van der Waals surface area (Å²) in [5.74, 6) is -1.19. The van der Waals surface area contributed by atoms with Gasteiger partial charge in [-0.2, -0.15) is 0 Å². The van der Waals surface area contributed by atoms with E-state index >= 15 is 0 Å². The lowest BCUT2D eigenvalue weighted by Crippen LogP contribution is -2.61. The van der Waals surface area contributed by atoms with Gasteiger partial charge in [0.2, 0.25) is 5.91 Å². The topological polar surface area (TPSA) is 175 Å². The van der Waals surface area contributed by atoms with E-state index in [0.29, 0.717) is 12.8 Å². The number of nitrogens with one attached hydrogen (secondary N) is 1. The summed E-state index contributed by atoms with van der Waals surface area (Å²) >= 11 is 0. The first kappa shape index (κ1) is 77.4. The predicted molar refractivity (Wildman–Crippen MR) is 343 cm³/mol. The van der Waals surface area contributed by atoms with Gasteiger partial charge in [0.1, 0.15) is 24.4 Å². The highest BCUT2D eigenvalue weighted by atomic mass is 16.7. The molecule has 8 atom stereocenters. The third kappa shape index (κ3) is 45.7. The molecule has 1 rings (SSSR count). The maximum Gasteiger partial charge on any atom is 0.306 e. The molecule has 1 aliphatic heterocycles. The lowest BCUT2D eigenvalue weighted by atomic mass is 9.99. The van der Waals surface area contributed by atoms with E-state index in [-0.39, 0.29) is 19.4 Å². The summed E-state index contributed by atoms with van der Waals surface area (Å²) in [7, 11) is 0. The van der Waals surface area contributed by atoms with Crippen LogP contribution in [0.1, 0.15) is 316 Å². The van der Waals surface area contributed by atoms with Gasteiger partial charge in [0.25, 0.3) is 0 Å². The van der Waals surface area contributed by atoms with Crippen molar-refractivity contribution in [3.05, 3.63) is 60.8 Å². The van der Waals surface area contributed by atoms with Crippen LogP contribution in [-0.2, 0) is 23.8 Å². The largest absolute Gasteiger partial charge is 0.454 e. The average Bonchev–Trinajstić information content (AvgIpc) is 3.56. The van der Waals surface area contributed by atoms with Crippen LogP contribution in [0.4, 0.5) is 0 Å². The van der Waals surface area contributed by atoms with Crippen molar-refractivity contribution in [2.45, 2.75) is 365 Å². The van der Waals surface area contributed by atoms with Gasteiger partial charge in [0, 0.05) is 6.42 Å². The van der Waals surface area contributed by atoms with Crippen LogP contribution in [-0.4, -0.2) is 99.6 Å². The number of carbonyl (C=O) groups is 2. The summed E-state index contributed by atoms with van der Waals surface area (Å²) < 4.78 is 17.7. The van der Waals surface area contributed by atoms with Crippen molar-refractivity contribution in [1.29, 1.82) is 0 Å². The molecule has 0 aliphatic carbocycles. The number of hydrogen-bond acceptors (Lipinski definition) is 10. The molecule has 11 nitrogen and oxygen atoms in total. The molecular weight excluding hydrogens is 1030 g/mol. The highest BCUT2D eigenvalue weighted by Gasteiger charge is 2.47. The van der Waals surface area contributed by atoms with E-state index in [4.69, 9.17) is 14.2 Å². The Balaban J connectivity index is 2.58. The summed E-state index contributed by atoms with van der Waals surface area (Å²) in [6.07, 6.45) is 64.0. The first-order valence-electron chi connectivity index (χ1n) is 34.6. The summed E-state index contributed by atoms with van der Waals surface area (Å²) in [6, 6.07) is -1.03. The lowest BCUT2D eigenvalue weighted by Gasteiger charge is -2.41. The Morgan fingerprint density at radius 3 is 1.29 bits per heavy atom. The van der Waals surface area contributed by atoms with Gasteiger partial charge in [0.15, 0.2) is 12.4 Å². The Labute approximate surface area is 503 Å². The van der Waals surface area contributed by atoms with Gasteiger partial charge < -0.3 is 45.1 Å². The van der Waals surface area contributed by atoms with E-state index in [1.807, 2.05) is 6.08 Å². The highest BCUT2D eigenvalue weighted by Crippen LogP contribution is 2.26. The van der Waals surface area contributed by atoms with Gasteiger partial charge >= 0.3 is 5.97 Å². The van der Waals surface area contributed by atoms with Crippen LogP contribution in [0.25, 0.3) is 0 Å². The second-order valence-corrected chi connectivity index (χ2v) is 23.9. The molecular formula is C71H129NO10. The fourth-order valence-corrected chi connectivity index (χ4v) is 10.7.